The molecule has 3 N–H and O–H groups in total. The molecule has 10 nitrogen and oxygen atoms in total. The van der Waals surface area contributed by atoms with Crippen molar-refractivity contribution in [3.63, 3.8) is 0 Å². The van der Waals surface area contributed by atoms with Crippen molar-refractivity contribution in [2.24, 2.45) is 4.99 Å². The molecular formula is C19H23FN6O4. The normalized spacial score (nSPS) is 26.3. The number of halogens is 1. The molecule has 0 aliphatic carbocycles. The first-order valence-corrected chi connectivity index (χ1v) is 9.70. The summed E-state index contributed by atoms with van der Waals surface area (Å²) in [4.78, 5) is 41.4. The highest BCUT2D eigenvalue weighted by atomic mass is 19.1. The zero-order chi connectivity index (χ0) is 21.3. The Balaban J connectivity index is 1.48. The van der Waals surface area contributed by atoms with Crippen molar-refractivity contribution >= 4 is 23.9 Å². The lowest BCUT2D eigenvalue weighted by Gasteiger charge is -2.40. The zero-order valence-electron chi connectivity index (χ0n) is 16.4. The van der Waals surface area contributed by atoms with Gasteiger partial charge in [0.2, 0.25) is 11.9 Å². The Morgan fingerprint density at radius 1 is 1.27 bits per heavy atom. The number of nitrogens with one attached hydrogen (secondary N) is 3. The molecule has 4 rings (SSSR count). The standard InChI is InChI=1S/C19H23FN6O4/c1-19(12-5-3-2-4-6-12,13-9-22-18(29)30-13)16(28)24-25-7-8-26(14(20)11-25)17-21-10-15(27)23-17/h2-6,13-14H,7-11H2,1H3,(H,22,29)(H,24,28)(H,21,23,27). The Kier molecular flexibility index (Phi) is 5.29. The number of nitrogens with zero attached hydrogens (tertiary/aromatic N) is 3. The summed E-state index contributed by atoms with van der Waals surface area (Å²) in [5.74, 6) is -0.523. The number of alkyl halides is 1. The van der Waals surface area contributed by atoms with Gasteiger partial charge in [0.15, 0.2) is 6.30 Å². The SMILES string of the molecule is CC(C(=O)NN1CCN(C2=NC(=O)CN2)C(F)C1)(c1ccccc1)C1CNC(=O)O1. The van der Waals surface area contributed by atoms with E-state index >= 15 is 0 Å². The lowest BCUT2D eigenvalue weighted by atomic mass is 9.76. The van der Waals surface area contributed by atoms with E-state index in [1.54, 1.807) is 31.2 Å². The van der Waals surface area contributed by atoms with E-state index in [1.165, 1.54) is 9.91 Å². The van der Waals surface area contributed by atoms with Crippen LogP contribution in [-0.2, 0) is 19.7 Å². The minimum absolute atomic E-state index is 0.0581. The molecule has 3 heterocycles. The quantitative estimate of drug-likeness (QED) is 0.564. The summed E-state index contributed by atoms with van der Waals surface area (Å²) in [5.41, 5.74) is 2.29. The second-order valence-corrected chi connectivity index (χ2v) is 7.54. The van der Waals surface area contributed by atoms with Crippen molar-refractivity contribution in [2.75, 3.05) is 32.7 Å². The highest BCUT2D eigenvalue weighted by Crippen LogP contribution is 2.32. The van der Waals surface area contributed by atoms with Gasteiger partial charge in [-0.1, -0.05) is 30.3 Å². The molecule has 0 spiro atoms. The van der Waals surface area contributed by atoms with Gasteiger partial charge in [0, 0.05) is 13.1 Å². The average molecular weight is 418 g/mol. The summed E-state index contributed by atoms with van der Waals surface area (Å²) < 4.78 is 20.1. The Hall–Kier alpha value is -3.21. The molecule has 3 aliphatic heterocycles. The number of piperazine rings is 1. The van der Waals surface area contributed by atoms with Crippen molar-refractivity contribution in [1.29, 1.82) is 0 Å². The van der Waals surface area contributed by atoms with Gasteiger partial charge in [-0.15, -0.1) is 0 Å². The number of alkyl carbamates (subject to hydrolysis) is 1. The number of carbonyl (C=O) groups is 3. The van der Waals surface area contributed by atoms with E-state index in [4.69, 9.17) is 4.74 Å². The van der Waals surface area contributed by atoms with E-state index < -0.39 is 29.8 Å². The number of hydrogen-bond acceptors (Lipinski definition) is 7. The summed E-state index contributed by atoms with van der Waals surface area (Å²) in [6.07, 6.45) is -2.74. The zero-order valence-corrected chi connectivity index (χ0v) is 16.4. The third-order valence-electron chi connectivity index (χ3n) is 5.65. The van der Waals surface area contributed by atoms with Crippen LogP contribution in [0.15, 0.2) is 35.3 Å². The molecule has 3 aliphatic rings. The topological polar surface area (TPSA) is 115 Å². The van der Waals surface area contributed by atoms with Crippen molar-refractivity contribution < 1.29 is 23.5 Å². The fraction of sp³-hybridized carbons (Fsp3) is 0.474. The molecule has 3 amide bonds. The van der Waals surface area contributed by atoms with Crippen LogP contribution in [0.4, 0.5) is 9.18 Å². The van der Waals surface area contributed by atoms with E-state index in [-0.39, 0.29) is 38.0 Å². The van der Waals surface area contributed by atoms with Gasteiger partial charge in [-0.3, -0.25) is 15.0 Å². The smallest absolute Gasteiger partial charge is 0.407 e. The molecule has 2 fully saturated rings. The van der Waals surface area contributed by atoms with Gasteiger partial charge in [0.05, 0.1) is 19.6 Å². The van der Waals surface area contributed by atoms with Crippen LogP contribution in [0, 0.1) is 0 Å². The second kappa shape index (κ2) is 7.90. The van der Waals surface area contributed by atoms with Crippen molar-refractivity contribution in [2.45, 2.75) is 24.7 Å². The summed E-state index contributed by atoms with van der Waals surface area (Å²) in [5, 5.41) is 6.85. The number of amides is 3. The van der Waals surface area contributed by atoms with Crippen LogP contribution in [0.3, 0.4) is 0 Å². The van der Waals surface area contributed by atoms with Crippen molar-refractivity contribution in [3.05, 3.63) is 35.9 Å². The van der Waals surface area contributed by atoms with E-state index in [2.05, 4.69) is 21.1 Å². The minimum Gasteiger partial charge on any atom is -0.443 e. The number of carbonyl (C=O) groups excluding carboxylic acids is 3. The maximum absolute atomic E-state index is 14.7. The molecule has 160 valence electrons. The molecule has 3 atom stereocenters. The van der Waals surface area contributed by atoms with Crippen LogP contribution in [-0.4, -0.2) is 78.9 Å². The number of cyclic esters (lactones) is 1. The summed E-state index contributed by atoms with van der Waals surface area (Å²) >= 11 is 0. The van der Waals surface area contributed by atoms with E-state index in [1.807, 2.05) is 6.07 Å². The molecule has 2 saturated heterocycles. The predicted molar refractivity (Wildman–Crippen MR) is 104 cm³/mol. The minimum atomic E-state index is -1.45. The monoisotopic (exact) mass is 418 g/mol. The molecule has 0 aromatic heterocycles. The number of ether oxygens (including phenoxy) is 1. The second-order valence-electron chi connectivity index (χ2n) is 7.54. The number of hydrogen-bond donors (Lipinski definition) is 3. The van der Waals surface area contributed by atoms with Gasteiger partial charge >= 0.3 is 6.09 Å². The Labute approximate surface area is 172 Å². The van der Waals surface area contributed by atoms with Gasteiger partial charge in [0.25, 0.3) is 5.91 Å². The van der Waals surface area contributed by atoms with Gasteiger partial charge in [-0.2, -0.15) is 4.99 Å². The highest BCUT2D eigenvalue weighted by molar-refractivity contribution is 6.00. The van der Waals surface area contributed by atoms with E-state index in [0.29, 0.717) is 12.1 Å². The molecular weight excluding hydrogens is 395 g/mol. The summed E-state index contributed by atoms with van der Waals surface area (Å²) in [7, 11) is 0. The van der Waals surface area contributed by atoms with E-state index in [0.717, 1.165) is 0 Å². The molecule has 0 radical (unpaired) electrons. The lowest BCUT2D eigenvalue weighted by molar-refractivity contribution is -0.136. The van der Waals surface area contributed by atoms with Crippen LogP contribution >= 0.6 is 0 Å². The average Bonchev–Trinajstić information content (AvgIpc) is 3.36. The molecule has 3 unspecified atom stereocenters. The Morgan fingerprint density at radius 2 is 2.03 bits per heavy atom. The number of hydrazine groups is 1. The summed E-state index contributed by atoms with van der Waals surface area (Å²) in [6, 6.07) is 9.03. The molecule has 0 saturated carbocycles. The molecule has 30 heavy (non-hydrogen) atoms. The van der Waals surface area contributed by atoms with E-state index in [9.17, 15) is 18.8 Å². The van der Waals surface area contributed by atoms with Crippen LogP contribution in [0.5, 0.6) is 0 Å². The van der Waals surface area contributed by atoms with Crippen LogP contribution in [0.2, 0.25) is 0 Å². The van der Waals surface area contributed by atoms with Crippen LogP contribution in [0.1, 0.15) is 12.5 Å². The van der Waals surface area contributed by atoms with Gasteiger partial charge < -0.3 is 20.3 Å². The predicted octanol–water partition coefficient (Wildman–Crippen LogP) is -0.517. The number of aliphatic imine (C=N–C) groups is 1. The Morgan fingerprint density at radius 3 is 2.63 bits per heavy atom. The van der Waals surface area contributed by atoms with Crippen LogP contribution in [0.25, 0.3) is 0 Å². The highest BCUT2D eigenvalue weighted by Gasteiger charge is 2.48. The fourth-order valence-corrected chi connectivity index (χ4v) is 3.82. The first-order valence-electron chi connectivity index (χ1n) is 9.70. The van der Waals surface area contributed by atoms with Gasteiger partial charge in [-0.25, -0.2) is 14.2 Å². The van der Waals surface area contributed by atoms with Crippen molar-refractivity contribution in [1.82, 2.24) is 26.0 Å². The lowest BCUT2D eigenvalue weighted by Crippen LogP contribution is -2.63. The summed E-state index contributed by atoms with van der Waals surface area (Å²) in [6.45, 7) is 2.42. The number of benzene rings is 1. The largest absolute Gasteiger partial charge is 0.443 e. The fourth-order valence-electron chi connectivity index (χ4n) is 3.82. The third kappa shape index (κ3) is 3.67. The number of guanidine groups is 1. The van der Waals surface area contributed by atoms with Crippen molar-refractivity contribution in [3.8, 4) is 0 Å². The molecule has 0 bridgehead atoms. The van der Waals surface area contributed by atoms with Gasteiger partial charge in [-0.05, 0) is 12.5 Å². The third-order valence-corrected chi connectivity index (χ3v) is 5.65. The maximum Gasteiger partial charge on any atom is 0.407 e. The number of rotatable bonds is 4. The molecule has 1 aromatic rings. The maximum atomic E-state index is 14.7. The van der Waals surface area contributed by atoms with Crippen LogP contribution < -0.4 is 16.1 Å². The van der Waals surface area contributed by atoms with Gasteiger partial charge in [0.1, 0.15) is 11.5 Å². The first-order chi connectivity index (χ1) is 14.4. The first kappa shape index (κ1) is 20.1. The molecule has 1 aromatic carbocycles. The molecule has 11 heteroatoms. The Bertz CT molecular complexity index is 881.